The fourth-order valence-corrected chi connectivity index (χ4v) is 7.09. The van der Waals surface area contributed by atoms with E-state index >= 15 is 0 Å². The first-order valence-electron chi connectivity index (χ1n) is 15.6. The fraction of sp³-hybridized carbons (Fsp3) is 0.0714. The summed E-state index contributed by atoms with van der Waals surface area (Å²) in [7, 11) is 0. The summed E-state index contributed by atoms with van der Waals surface area (Å²) in [5.74, 6) is 0.704. The molecule has 0 saturated carbocycles. The molecule has 218 valence electrons. The number of aromatic nitrogens is 3. The van der Waals surface area contributed by atoms with Gasteiger partial charge < -0.3 is 4.42 Å². The second-order valence-corrected chi connectivity index (χ2v) is 12.4. The van der Waals surface area contributed by atoms with Gasteiger partial charge in [0.05, 0.1) is 17.1 Å². The van der Waals surface area contributed by atoms with E-state index in [-0.39, 0.29) is 5.41 Å². The highest BCUT2D eigenvalue weighted by atomic mass is 16.3. The molecule has 0 bridgehead atoms. The molecule has 4 nitrogen and oxygen atoms in total. The van der Waals surface area contributed by atoms with Crippen LogP contribution in [0.4, 0.5) is 0 Å². The lowest BCUT2D eigenvalue weighted by atomic mass is 9.80. The van der Waals surface area contributed by atoms with Gasteiger partial charge in [-0.15, -0.1) is 0 Å². The molecule has 0 amide bonds. The van der Waals surface area contributed by atoms with Crippen molar-refractivity contribution in [1.29, 1.82) is 0 Å². The Balaban J connectivity index is 1.21. The molecular formula is C42H29N3O. The molecule has 8 aromatic rings. The largest absolute Gasteiger partial charge is 0.455 e. The minimum absolute atomic E-state index is 0.256. The quantitative estimate of drug-likeness (QED) is 0.204. The topological polar surface area (TPSA) is 51.8 Å². The van der Waals surface area contributed by atoms with Crippen molar-refractivity contribution in [3.63, 3.8) is 0 Å². The Morgan fingerprint density at radius 2 is 1.24 bits per heavy atom. The van der Waals surface area contributed by atoms with E-state index in [0.717, 1.165) is 72.4 Å². The smallest absolute Gasteiger partial charge is 0.160 e. The van der Waals surface area contributed by atoms with E-state index in [4.69, 9.17) is 14.4 Å². The molecule has 0 N–H and O–H groups in total. The summed E-state index contributed by atoms with van der Waals surface area (Å²) in [5.41, 5.74) is 13.3. The van der Waals surface area contributed by atoms with Crippen LogP contribution in [-0.2, 0) is 5.41 Å². The summed E-state index contributed by atoms with van der Waals surface area (Å²) in [6.45, 7) is 4.56. The van der Waals surface area contributed by atoms with Crippen LogP contribution in [0.15, 0.2) is 144 Å². The average molecular weight is 592 g/mol. The monoisotopic (exact) mass is 591 g/mol. The van der Waals surface area contributed by atoms with Gasteiger partial charge in [0, 0.05) is 55.8 Å². The van der Waals surface area contributed by atoms with E-state index < -0.39 is 0 Å². The third-order valence-electron chi connectivity index (χ3n) is 9.34. The van der Waals surface area contributed by atoms with Crippen molar-refractivity contribution in [3.05, 3.63) is 151 Å². The first-order valence-corrected chi connectivity index (χ1v) is 15.6. The fourth-order valence-electron chi connectivity index (χ4n) is 7.09. The number of furan rings is 1. The third-order valence-corrected chi connectivity index (χ3v) is 9.34. The zero-order valence-corrected chi connectivity index (χ0v) is 25.5. The molecule has 4 heteroatoms. The number of pyridine rings is 1. The number of hydrogen-bond acceptors (Lipinski definition) is 4. The first kappa shape index (κ1) is 26.5. The van der Waals surface area contributed by atoms with Gasteiger partial charge in [-0.25, -0.2) is 9.97 Å². The lowest BCUT2D eigenvalue weighted by molar-refractivity contribution is 0.658. The summed E-state index contributed by atoms with van der Waals surface area (Å²) < 4.78 is 6.36. The number of hydrogen-bond donors (Lipinski definition) is 0. The molecule has 3 aromatic heterocycles. The van der Waals surface area contributed by atoms with E-state index in [0.29, 0.717) is 5.82 Å². The minimum Gasteiger partial charge on any atom is -0.455 e. The predicted octanol–water partition coefficient (Wildman–Crippen LogP) is 10.7. The molecule has 0 unspecified atom stereocenters. The summed E-state index contributed by atoms with van der Waals surface area (Å²) >= 11 is 0. The van der Waals surface area contributed by atoms with Gasteiger partial charge in [-0.2, -0.15) is 0 Å². The normalized spacial score (nSPS) is 13.2. The highest BCUT2D eigenvalue weighted by Gasteiger charge is 2.40. The second kappa shape index (κ2) is 10.1. The molecule has 1 aliphatic rings. The number of rotatable bonds is 4. The predicted molar refractivity (Wildman–Crippen MR) is 186 cm³/mol. The lowest BCUT2D eigenvalue weighted by Gasteiger charge is -2.24. The van der Waals surface area contributed by atoms with Gasteiger partial charge in [0.1, 0.15) is 11.2 Å². The molecule has 0 fully saturated rings. The molecule has 1 aliphatic carbocycles. The van der Waals surface area contributed by atoms with Gasteiger partial charge in [0.2, 0.25) is 0 Å². The minimum atomic E-state index is -0.256. The van der Waals surface area contributed by atoms with E-state index in [9.17, 15) is 0 Å². The van der Waals surface area contributed by atoms with Crippen molar-refractivity contribution < 1.29 is 4.42 Å². The van der Waals surface area contributed by atoms with Crippen molar-refractivity contribution in [2.24, 2.45) is 0 Å². The first-order chi connectivity index (χ1) is 22.6. The Morgan fingerprint density at radius 3 is 2.11 bits per heavy atom. The van der Waals surface area contributed by atoms with E-state index in [2.05, 4.69) is 122 Å². The Labute approximate surface area is 267 Å². The van der Waals surface area contributed by atoms with E-state index in [1.54, 1.807) is 0 Å². The van der Waals surface area contributed by atoms with Gasteiger partial charge in [-0.3, -0.25) is 4.98 Å². The van der Waals surface area contributed by atoms with Gasteiger partial charge in [0.25, 0.3) is 0 Å². The summed E-state index contributed by atoms with van der Waals surface area (Å²) in [4.78, 5) is 15.2. The van der Waals surface area contributed by atoms with Crippen molar-refractivity contribution >= 4 is 21.9 Å². The maximum Gasteiger partial charge on any atom is 0.160 e. The van der Waals surface area contributed by atoms with Crippen LogP contribution in [0.1, 0.15) is 25.0 Å². The second-order valence-electron chi connectivity index (χ2n) is 12.4. The van der Waals surface area contributed by atoms with Gasteiger partial charge in [-0.1, -0.05) is 123 Å². The Hall–Kier alpha value is -5.87. The molecule has 46 heavy (non-hydrogen) atoms. The van der Waals surface area contributed by atoms with Gasteiger partial charge >= 0.3 is 0 Å². The van der Waals surface area contributed by atoms with Crippen LogP contribution >= 0.6 is 0 Å². The maximum atomic E-state index is 6.36. The molecule has 5 aromatic carbocycles. The van der Waals surface area contributed by atoms with Crippen molar-refractivity contribution in [2.45, 2.75) is 19.3 Å². The maximum absolute atomic E-state index is 6.36. The number of fused-ring (bicyclic) bond motifs is 6. The highest BCUT2D eigenvalue weighted by Crippen LogP contribution is 2.51. The number of benzene rings is 5. The Kier molecular flexibility index (Phi) is 5.81. The van der Waals surface area contributed by atoms with E-state index in [1.807, 2.05) is 36.5 Å². The molecule has 0 spiro atoms. The molecule has 9 rings (SSSR count). The standard InChI is InChI=1S/C42H29N3O/c1-42(2)34-17-5-3-14-33(34)39-37(42)38(44-41(45-39)29-12-9-11-28(25-29)35-18-7-8-24-43-35)27-22-20-26(21-23-27)30-15-10-16-32-31-13-4-6-19-36(31)46-40(30)32/h3-25H,1-2H3. The summed E-state index contributed by atoms with van der Waals surface area (Å²) in [6.07, 6.45) is 1.82. The zero-order valence-electron chi connectivity index (χ0n) is 25.5. The zero-order chi connectivity index (χ0) is 30.8. The molecule has 0 aliphatic heterocycles. The Morgan fingerprint density at radius 1 is 0.543 bits per heavy atom. The van der Waals surface area contributed by atoms with Crippen molar-refractivity contribution in [1.82, 2.24) is 15.0 Å². The van der Waals surface area contributed by atoms with Gasteiger partial charge in [0.15, 0.2) is 5.82 Å². The van der Waals surface area contributed by atoms with Crippen LogP contribution in [-0.4, -0.2) is 15.0 Å². The number of para-hydroxylation sites is 2. The summed E-state index contributed by atoms with van der Waals surface area (Å²) in [6, 6.07) is 46.3. The molecule has 0 saturated heterocycles. The average Bonchev–Trinajstić information content (AvgIpc) is 3.61. The van der Waals surface area contributed by atoms with Crippen LogP contribution in [0.25, 0.3) is 78.2 Å². The third kappa shape index (κ3) is 4.04. The van der Waals surface area contributed by atoms with Gasteiger partial charge in [-0.05, 0) is 35.4 Å². The van der Waals surface area contributed by atoms with Crippen molar-refractivity contribution in [2.75, 3.05) is 0 Å². The van der Waals surface area contributed by atoms with Crippen LogP contribution in [0, 0.1) is 0 Å². The molecular weight excluding hydrogens is 562 g/mol. The van der Waals surface area contributed by atoms with Crippen molar-refractivity contribution in [3.8, 4) is 56.3 Å². The SMILES string of the molecule is CC1(C)c2ccccc2-c2nc(-c3cccc(-c4ccccn4)c3)nc(-c3ccc(-c4cccc5c4oc4ccccc45)cc3)c21. The highest BCUT2D eigenvalue weighted by molar-refractivity contribution is 6.09. The summed E-state index contributed by atoms with van der Waals surface area (Å²) in [5, 5.41) is 2.26. The Bertz CT molecular complexity index is 2440. The van der Waals surface area contributed by atoms with Crippen LogP contribution < -0.4 is 0 Å². The number of nitrogens with zero attached hydrogens (tertiary/aromatic N) is 3. The lowest BCUT2D eigenvalue weighted by Crippen LogP contribution is -2.17. The molecule has 0 atom stereocenters. The molecule has 3 heterocycles. The van der Waals surface area contributed by atoms with Crippen LogP contribution in [0.2, 0.25) is 0 Å². The molecule has 0 radical (unpaired) electrons. The van der Waals surface area contributed by atoms with E-state index in [1.165, 1.54) is 11.1 Å². The van der Waals surface area contributed by atoms with Crippen LogP contribution in [0.3, 0.4) is 0 Å². The van der Waals surface area contributed by atoms with Crippen LogP contribution in [0.5, 0.6) is 0 Å².